The maximum Gasteiger partial charge on any atom is 0.317 e. The highest BCUT2D eigenvalue weighted by Crippen LogP contribution is 2.07. The summed E-state index contributed by atoms with van der Waals surface area (Å²) in [5, 5.41) is 8.70. The molecule has 0 unspecified atom stereocenters. The third-order valence-electron chi connectivity index (χ3n) is 2.75. The minimum atomic E-state index is -0.802. The van der Waals surface area contributed by atoms with Crippen molar-refractivity contribution in [2.75, 3.05) is 32.7 Å². The molecule has 0 atom stereocenters. The number of carboxylic acids is 1. The predicted octanol–water partition coefficient (Wildman–Crippen LogP) is 0.261. The van der Waals surface area contributed by atoms with E-state index in [1.165, 1.54) is 0 Å². The van der Waals surface area contributed by atoms with Gasteiger partial charge in [0, 0.05) is 32.1 Å². The lowest BCUT2D eigenvalue weighted by Gasteiger charge is -2.22. The molecule has 0 radical (unpaired) electrons. The van der Waals surface area contributed by atoms with Gasteiger partial charge in [-0.3, -0.25) is 14.5 Å². The fraction of sp³-hybridized carbons (Fsp3) is 0.818. The fourth-order valence-electron chi connectivity index (χ4n) is 1.91. The Morgan fingerprint density at radius 1 is 1.19 bits per heavy atom. The molecule has 5 heteroatoms. The van der Waals surface area contributed by atoms with Crippen molar-refractivity contribution in [3.8, 4) is 0 Å². The van der Waals surface area contributed by atoms with Gasteiger partial charge >= 0.3 is 5.97 Å². The van der Waals surface area contributed by atoms with Gasteiger partial charge in [0.15, 0.2) is 0 Å². The minimum absolute atomic E-state index is 0.0195. The first-order valence-corrected chi connectivity index (χ1v) is 5.73. The van der Waals surface area contributed by atoms with Gasteiger partial charge in [-0.2, -0.15) is 0 Å². The van der Waals surface area contributed by atoms with E-state index >= 15 is 0 Å². The highest BCUT2D eigenvalue weighted by molar-refractivity contribution is 5.78. The number of nitrogens with zero attached hydrogens (tertiary/aromatic N) is 2. The molecular weight excluding hydrogens is 208 g/mol. The first-order chi connectivity index (χ1) is 7.50. The molecule has 1 heterocycles. The molecule has 0 aromatic rings. The van der Waals surface area contributed by atoms with E-state index in [4.69, 9.17) is 5.11 Å². The maximum atomic E-state index is 11.8. The summed E-state index contributed by atoms with van der Waals surface area (Å²) in [6, 6.07) is 0. The van der Waals surface area contributed by atoms with E-state index in [0.29, 0.717) is 13.1 Å². The Balaban J connectivity index is 2.46. The summed E-state index contributed by atoms with van der Waals surface area (Å²) in [5.74, 6) is -0.619. The van der Waals surface area contributed by atoms with E-state index < -0.39 is 5.97 Å². The minimum Gasteiger partial charge on any atom is -0.480 e. The third-order valence-corrected chi connectivity index (χ3v) is 2.75. The maximum absolute atomic E-state index is 11.8. The molecule has 1 fully saturated rings. The Bertz CT molecular complexity index is 266. The number of hydrogen-bond acceptors (Lipinski definition) is 3. The molecule has 0 spiro atoms. The van der Waals surface area contributed by atoms with Crippen LogP contribution in [0.4, 0.5) is 0 Å². The third kappa shape index (κ3) is 3.81. The van der Waals surface area contributed by atoms with Crippen LogP contribution in [0.1, 0.15) is 20.3 Å². The van der Waals surface area contributed by atoms with Gasteiger partial charge in [-0.05, 0) is 6.42 Å². The van der Waals surface area contributed by atoms with Crippen LogP contribution in [0.3, 0.4) is 0 Å². The molecule has 0 saturated carbocycles. The molecule has 0 bridgehead atoms. The lowest BCUT2D eigenvalue weighted by Crippen LogP contribution is -2.38. The summed E-state index contributed by atoms with van der Waals surface area (Å²) in [6.45, 7) is 6.66. The van der Waals surface area contributed by atoms with E-state index in [1.54, 1.807) is 0 Å². The van der Waals surface area contributed by atoms with Crippen LogP contribution in [0.5, 0.6) is 0 Å². The molecule has 1 N–H and O–H groups in total. The van der Waals surface area contributed by atoms with Gasteiger partial charge in [0.1, 0.15) is 0 Å². The quantitative estimate of drug-likeness (QED) is 0.752. The van der Waals surface area contributed by atoms with E-state index in [1.807, 2.05) is 23.6 Å². The molecular formula is C11H20N2O3. The van der Waals surface area contributed by atoms with Crippen molar-refractivity contribution in [3.63, 3.8) is 0 Å². The van der Waals surface area contributed by atoms with Crippen LogP contribution in [0.15, 0.2) is 0 Å². The Hall–Kier alpha value is -1.10. The number of amides is 1. The highest BCUT2D eigenvalue weighted by atomic mass is 16.4. The topological polar surface area (TPSA) is 60.9 Å². The zero-order valence-corrected chi connectivity index (χ0v) is 9.98. The van der Waals surface area contributed by atoms with Gasteiger partial charge in [0.05, 0.1) is 6.54 Å². The number of carbonyl (C=O) groups is 2. The summed E-state index contributed by atoms with van der Waals surface area (Å²) in [6.07, 6.45) is 0.853. The Morgan fingerprint density at radius 2 is 1.88 bits per heavy atom. The van der Waals surface area contributed by atoms with E-state index in [2.05, 4.69) is 0 Å². The summed E-state index contributed by atoms with van der Waals surface area (Å²) >= 11 is 0. The van der Waals surface area contributed by atoms with Gasteiger partial charge < -0.3 is 10.0 Å². The van der Waals surface area contributed by atoms with Crippen molar-refractivity contribution in [1.29, 1.82) is 0 Å². The molecule has 1 rings (SSSR count). The highest BCUT2D eigenvalue weighted by Gasteiger charge is 2.21. The number of carboxylic acid groups (broad SMARTS) is 1. The second-order valence-corrected chi connectivity index (χ2v) is 4.50. The van der Waals surface area contributed by atoms with Gasteiger partial charge in [-0.1, -0.05) is 13.8 Å². The zero-order chi connectivity index (χ0) is 12.1. The molecule has 1 amide bonds. The Morgan fingerprint density at radius 3 is 2.44 bits per heavy atom. The molecule has 1 aliphatic heterocycles. The van der Waals surface area contributed by atoms with Crippen LogP contribution < -0.4 is 0 Å². The largest absolute Gasteiger partial charge is 0.480 e. The van der Waals surface area contributed by atoms with Gasteiger partial charge in [0.2, 0.25) is 5.91 Å². The number of hydrogen-bond donors (Lipinski definition) is 1. The first-order valence-electron chi connectivity index (χ1n) is 5.73. The summed E-state index contributed by atoms with van der Waals surface area (Å²) in [4.78, 5) is 26.1. The van der Waals surface area contributed by atoms with Crippen molar-refractivity contribution in [2.45, 2.75) is 20.3 Å². The first kappa shape index (κ1) is 13.0. The fourth-order valence-corrected chi connectivity index (χ4v) is 1.91. The van der Waals surface area contributed by atoms with Gasteiger partial charge in [-0.25, -0.2) is 0 Å². The molecule has 0 aromatic heterocycles. The smallest absolute Gasteiger partial charge is 0.317 e. The summed E-state index contributed by atoms with van der Waals surface area (Å²) in [7, 11) is 0. The van der Waals surface area contributed by atoms with Crippen molar-refractivity contribution in [3.05, 3.63) is 0 Å². The van der Waals surface area contributed by atoms with Gasteiger partial charge in [-0.15, -0.1) is 0 Å². The Kier molecular flexibility index (Phi) is 4.73. The number of aliphatic carboxylic acids is 1. The summed E-state index contributed by atoms with van der Waals surface area (Å²) < 4.78 is 0. The normalized spacial score (nSPS) is 18.6. The van der Waals surface area contributed by atoms with Crippen LogP contribution in [0.25, 0.3) is 0 Å². The van der Waals surface area contributed by atoms with Crippen molar-refractivity contribution < 1.29 is 14.7 Å². The van der Waals surface area contributed by atoms with Crippen LogP contribution in [-0.4, -0.2) is 59.5 Å². The van der Waals surface area contributed by atoms with Gasteiger partial charge in [0.25, 0.3) is 0 Å². The van der Waals surface area contributed by atoms with Crippen LogP contribution >= 0.6 is 0 Å². The monoisotopic (exact) mass is 228 g/mol. The molecule has 16 heavy (non-hydrogen) atoms. The van der Waals surface area contributed by atoms with E-state index in [-0.39, 0.29) is 18.4 Å². The van der Waals surface area contributed by atoms with Crippen molar-refractivity contribution in [2.24, 2.45) is 5.92 Å². The van der Waals surface area contributed by atoms with E-state index in [0.717, 1.165) is 19.5 Å². The second kappa shape index (κ2) is 5.84. The average Bonchev–Trinajstić information content (AvgIpc) is 2.41. The number of rotatable bonds is 3. The SMILES string of the molecule is CC(C)C(=O)N1CCCN(CC(=O)O)CC1. The molecule has 1 aliphatic rings. The second-order valence-electron chi connectivity index (χ2n) is 4.50. The van der Waals surface area contributed by atoms with Crippen molar-refractivity contribution in [1.82, 2.24) is 9.80 Å². The van der Waals surface area contributed by atoms with Crippen LogP contribution in [0.2, 0.25) is 0 Å². The molecule has 5 nitrogen and oxygen atoms in total. The predicted molar refractivity (Wildman–Crippen MR) is 60.1 cm³/mol. The van der Waals surface area contributed by atoms with Crippen LogP contribution in [0, 0.1) is 5.92 Å². The average molecular weight is 228 g/mol. The Labute approximate surface area is 96.0 Å². The lowest BCUT2D eigenvalue weighted by molar-refractivity contribution is -0.138. The molecule has 0 aliphatic carbocycles. The van der Waals surface area contributed by atoms with Crippen LogP contribution in [-0.2, 0) is 9.59 Å². The zero-order valence-electron chi connectivity index (χ0n) is 9.98. The standard InChI is InChI=1S/C11H20N2O3/c1-9(2)11(16)13-5-3-4-12(6-7-13)8-10(14)15/h9H,3-8H2,1-2H3,(H,14,15). The molecule has 1 saturated heterocycles. The number of carbonyl (C=O) groups excluding carboxylic acids is 1. The lowest BCUT2D eigenvalue weighted by atomic mass is 10.2. The molecule has 92 valence electrons. The molecule has 0 aromatic carbocycles. The van der Waals surface area contributed by atoms with E-state index in [9.17, 15) is 9.59 Å². The summed E-state index contributed by atoms with van der Waals surface area (Å²) in [5.41, 5.74) is 0. The van der Waals surface area contributed by atoms with Crippen molar-refractivity contribution >= 4 is 11.9 Å².